The molecule has 2 rings (SSSR count). The summed E-state index contributed by atoms with van der Waals surface area (Å²) in [4.78, 5) is 1.55. The minimum atomic E-state index is 0.240. The molecule has 0 fully saturated rings. The van der Waals surface area contributed by atoms with Crippen LogP contribution >= 0.6 is 59.1 Å². The number of rotatable bonds is 4. The van der Waals surface area contributed by atoms with Crippen molar-refractivity contribution in [1.29, 1.82) is 0 Å². The van der Waals surface area contributed by atoms with Crippen LogP contribution < -0.4 is 0 Å². The van der Waals surface area contributed by atoms with Crippen LogP contribution in [0, 0.1) is 0 Å². The van der Waals surface area contributed by atoms with Crippen molar-refractivity contribution in [1.82, 2.24) is 0 Å². The summed E-state index contributed by atoms with van der Waals surface area (Å²) in [5, 5.41) is 0. The van der Waals surface area contributed by atoms with E-state index in [1.54, 1.807) is 11.3 Å². The highest BCUT2D eigenvalue weighted by molar-refractivity contribution is 9.13. The van der Waals surface area contributed by atoms with Crippen molar-refractivity contribution in [3.63, 3.8) is 0 Å². The Morgan fingerprint density at radius 3 is 2.05 bits per heavy atom. The first-order valence-electron chi connectivity index (χ1n) is 7.03. The molecule has 1 atom stereocenters. The highest BCUT2D eigenvalue weighted by Crippen LogP contribution is 2.43. The van der Waals surface area contributed by atoms with Crippen molar-refractivity contribution >= 4 is 59.1 Å². The summed E-state index contributed by atoms with van der Waals surface area (Å²) in [6, 6.07) is 9.11. The molecule has 0 nitrogen and oxygen atoms in total. The van der Waals surface area contributed by atoms with Gasteiger partial charge in [-0.2, -0.15) is 0 Å². The van der Waals surface area contributed by atoms with Crippen molar-refractivity contribution in [3.8, 4) is 0 Å². The molecular formula is C17H19Br3S. The van der Waals surface area contributed by atoms with E-state index in [-0.39, 0.29) is 4.83 Å². The molecule has 21 heavy (non-hydrogen) atoms. The van der Waals surface area contributed by atoms with Crippen molar-refractivity contribution in [3.05, 3.63) is 54.1 Å². The third kappa shape index (κ3) is 4.01. The monoisotopic (exact) mass is 492 g/mol. The standard InChI is InChI=1S/C17H19Br3S/c1-9(2)11-5-6-12(13(7-11)10(3)4)16(19)15-8-14(18)17(20)21-15/h5-10,16H,1-4H3. The number of hydrogen-bond acceptors (Lipinski definition) is 1. The Hall–Kier alpha value is 0.360. The zero-order valence-corrected chi connectivity index (χ0v) is 18.2. The van der Waals surface area contributed by atoms with Crippen LogP contribution in [0.3, 0.4) is 0 Å². The Kier molecular flexibility index (Phi) is 6.15. The molecule has 4 heteroatoms. The van der Waals surface area contributed by atoms with Gasteiger partial charge in [0, 0.05) is 9.35 Å². The van der Waals surface area contributed by atoms with Gasteiger partial charge in [0.05, 0.1) is 8.61 Å². The number of hydrogen-bond donors (Lipinski definition) is 0. The molecule has 0 saturated heterocycles. The third-order valence-corrected chi connectivity index (χ3v) is 8.20. The maximum Gasteiger partial charge on any atom is 0.0843 e. The molecule has 0 radical (unpaired) electrons. The number of thiophene rings is 1. The lowest BCUT2D eigenvalue weighted by molar-refractivity contribution is 0.821. The lowest BCUT2D eigenvalue weighted by atomic mass is 9.90. The first-order valence-corrected chi connectivity index (χ1v) is 10.4. The highest BCUT2D eigenvalue weighted by Gasteiger charge is 2.20. The summed E-state index contributed by atoms with van der Waals surface area (Å²) in [5.74, 6) is 1.08. The van der Waals surface area contributed by atoms with E-state index in [4.69, 9.17) is 0 Å². The van der Waals surface area contributed by atoms with E-state index in [0.717, 1.165) is 8.26 Å². The van der Waals surface area contributed by atoms with Crippen LogP contribution in [-0.2, 0) is 0 Å². The fourth-order valence-electron chi connectivity index (χ4n) is 2.32. The molecule has 1 aromatic heterocycles. The second-order valence-corrected chi connectivity index (χ2v) is 10.0. The molecule has 0 amide bonds. The summed E-state index contributed by atoms with van der Waals surface area (Å²) < 4.78 is 2.27. The molecule has 1 aromatic carbocycles. The number of halogens is 3. The first-order chi connectivity index (χ1) is 9.81. The second-order valence-electron chi connectivity index (χ2n) is 5.83. The smallest absolute Gasteiger partial charge is 0.0843 e. The fourth-order valence-corrected chi connectivity index (χ4v) is 5.24. The maximum atomic E-state index is 3.89. The molecule has 0 aliphatic carbocycles. The average Bonchev–Trinajstić information content (AvgIpc) is 2.77. The van der Waals surface area contributed by atoms with Gasteiger partial charge in [-0.3, -0.25) is 0 Å². The molecular weight excluding hydrogens is 476 g/mol. The van der Waals surface area contributed by atoms with E-state index in [9.17, 15) is 0 Å². The molecule has 1 unspecified atom stereocenters. The van der Waals surface area contributed by atoms with Gasteiger partial charge in [0.25, 0.3) is 0 Å². The second kappa shape index (κ2) is 7.29. The molecule has 1 heterocycles. The minimum Gasteiger partial charge on any atom is -0.131 e. The SMILES string of the molecule is CC(C)c1ccc(C(Br)c2cc(Br)c(Br)s2)c(C(C)C)c1. The van der Waals surface area contributed by atoms with Crippen LogP contribution in [-0.4, -0.2) is 0 Å². The number of alkyl halides is 1. The van der Waals surface area contributed by atoms with Crippen LogP contribution in [0.15, 0.2) is 32.5 Å². The first kappa shape index (κ1) is 17.7. The Morgan fingerprint density at radius 2 is 1.57 bits per heavy atom. The third-order valence-electron chi connectivity index (χ3n) is 3.59. The molecule has 114 valence electrons. The van der Waals surface area contributed by atoms with Crippen molar-refractivity contribution in [2.24, 2.45) is 0 Å². The van der Waals surface area contributed by atoms with Crippen LogP contribution in [0.2, 0.25) is 0 Å². The van der Waals surface area contributed by atoms with Gasteiger partial charge in [0.2, 0.25) is 0 Å². The zero-order valence-electron chi connectivity index (χ0n) is 12.6. The summed E-state index contributed by atoms with van der Waals surface area (Å²) in [5.41, 5.74) is 4.22. The Balaban J connectivity index is 2.47. The zero-order chi connectivity index (χ0) is 15.7. The Labute approximate surface area is 156 Å². The van der Waals surface area contributed by atoms with Crippen molar-refractivity contribution in [2.45, 2.75) is 44.4 Å². The van der Waals surface area contributed by atoms with Gasteiger partial charge in [-0.1, -0.05) is 61.8 Å². The van der Waals surface area contributed by atoms with Gasteiger partial charge in [-0.05, 0) is 66.5 Å². The molecule has 0 saturated carbocycles. The van der Waals surface area contributed by atoms with E-state index in [2.05, 4.69) is 99.8 Å². The van der Waals surface area contributed by atoms with Gasteiger partial charge in [-0.15, -0.1) is 11.3 Å². The lowest BCUT2D eigenvalue weighted by Gasteiger charge is -2.19. The van der Waals surface area contributed by atoms with Crippen LogP contribution in [0.25, 0.3) is 0 Å². The van der Waals surface area contributed by atoms with E-state index >= 15 is 0 Å². The molecule has 0 aliphatic heterocycles. The molecule has 0 aliphatic rings. The predicted octanol–water partition coefficient (Wildman–Crippen LogP) is 8.00. The lowest BCUT2D eigenvalue weighted by Crippen LogP contribution is -2.01. The molecule has 0 bridgehead atoms. The van der Waals surface area contributed by atoms with Crippen molar-refractivity contribution in [2.75, 3.05) is 0 Å². The largest absolute Gasteiger partial charge is 0.131 e. The predicted molar refractivity (Wildman–Crippen MR) is 105 cm³/mol. The van der Waals surface area contributed by atoms with Gasteiger partial charge >= 0.3 is 0 Å². The van der Waals surface area contributed by atoms with E-state index in [1.807, 2.05) is 0 Å². The molecule has 2 aromatic rings. The molecule has 0 N–H and O–H groups in total. The average molecular weight is 495 g/mol. The Bertz CT molecular complexity index is 609. The maximum absolute atomic E-state index is 3.89. The van der Waals surface area contributed by atoms with Gasteiger partial charge in [0.15, 0.2) is 0 Å². The summed E-state index contributed by atoms with van der Waals surface area (Å²) in [6.07, 6.45) is 0. The quantitative estimate of drug-likeness (QED) is 0.377. The van der Waals surface area contributed by atoms with E-state index in [1.165, 1.54) is 21.6 Å². The van der Waals surface area contributed by atoms with Crippen LogP contribution in [0.1, 0.15) is 65.9 Å². The summed E-state index contributed by atoms with van der Waals surface area (Å²) >= 11 is 12.8. The van der Waals surface area contributed by atoms with Gasteiger partial charge < -0.3 is 0 Å². The van der Waals surface area contributed by atoms with Gasteiger partial charge in [0.1, 0.15) is 0 Å². The Morgan fingerprint density at radius 1 is 0.905 bits per heavy atom. The van der Waals surface area contributed by atoms with Gasteiger partial charge in [-0.25, -0.2) is 0 Å². The number of benzene rings is 1. The molecule has 0 spiro atoms. The van der Waals surface area contributed by atoms with Crippen molar-refractivity contribution < 1.29 is 0 Å². The minimum absolute atomic E-state index is 0.240. The fraction of sp³-hybridized carbons (Fsp3) is 0.412. The topological polar surface area (TPSA) is 0 Å². The summed E-state index contributed by atoms with van der Waals surface area (Å²) in [6.45, 7) is 9.03. The highest BCUT2D eigenvalue weighted by atomic mass is 79.9. The van der Waals surface area contributed by atoms with E-state index in [0.29, 0.717) is 11.8 Å². The van der Waals surface area contributed by atoms with E-state index < -0.39 is 0 Å². The summed E-state index contributed by atoms with van der Waals surface area (Å²) in [7, 11) is 0. The van der Waals surface area contributed by atoms with Crippen LogP contribution in [0.4, 0.5) is 0 Å². The van der Waals surface area contributed by atoms with Crippen LogP contribution in [0.5, 0.6) is 0 Å². The normalized spacial score (nSPS) is 13.2.